The van der Waals surface area contributed by atoms with Crippen LogP contribution in [0.3, 0.4) is 0 Å². The van der Waals surface area contributed by atoms with Gasteiger partial charge in [-0.05, 0) is 59.7 Å². The summed E-state index contributed by atoms with van der Waals surface area (Å²) >= 11 is 0. The second-order valence-corrected chi connectivity index (χ2v) is 13.7. The molecule has 0 bridgehead atoms. The molecule has 0 aliphatic heterocycles. The van der Waals surface area contributed by atoms with Crippen LogP contribution < -0.4 is 0 Å². The van der Waals surface area contributed by atoms with Crippen molar-refractivity contribution in [1.29, 1.82) is 0 Å². The van der Waals surface area contributed by atoms with Gasteiger partial charge in [-0.2, -0.15) is 0 Å². The van der Waals surface area contributed by atoms with Gasteiger partial charge in [0.05, 0.1) is 9.79 Å². The number of ketones is 1. The summed E-state index contributed by atoms with van der Waals surface area (Å²) in [7, 11) is -7.64. The number of Topliss-reactive ketones (excluding diaryl/α,β-unsaturated/α-hetero) is 1. The van der Waals surface area contributed by atoms with E-state index in [-0.39, 0.29) is 26.9 Å². The summed E-state index contributed by atoms with van der Waals surface area (Å²) in [5.41, 5.74) is 1.87. The smallest absolute Gasteiger partial charge is 0.269 e. The lowest BCUT2D eigenvalue weighted by molar-refractivity contribution is -0.121. The first-order chi connectivity index (χ1) is 20.1. The van der Waals surface area contributed by atoms with Crippen molar-refractivity contribution < 1.29 is 21.6 Å². The summed E-state index contributed by atoms with van der Waals surface area (Å²) in [4.78, 5) is 22.7. The normalized spacial score (nSPS) is 13.8. The molecule has 0 N–H and O–H groups in total. The average molecular weight is 599 g/mol. The number of hydrogen-bond donors (Lipinski definition) is 0. The van der Waals surface area contributed by atoms with Crippen molar-refractivity contribution in [1.82, 2.24) is 17.9 Å². The molecule has 6 rings (SSSR count). The summed E-state index contributed by atoms with van der Waals surface area (Å²) in [6.07, 6.45) is 5.99. The molecule has 2 aromatic carbocycles. The maximum absolute atomic E-state index is 13.6. The van der Waals surface area contributed by atoms with Crippen LogP contribution in [0.25, 0.3) is 22.1 Å². The number of hydrogen-bond acceptors (Lipinski definition) is 7. The number of carbonyl (C=O) groups excluding carboxylic acids is 1. The Morgan fingerprint density at radius 2 is 1.00 bits per heavy atom. The van der Waals surface area contributed by atoms with E-state index in [0.29, 0.717) is 21.9 Å². The zero-order valence-electron chi connectivity index (χ0n) is 22.7. The molecule has 6 aromatic rings. The van der Waals surface area contributed by atoms with E-state index in [9.17, 15) is 21.6 Å². The van der Waals surface area contributed by atoms with Gasteiger partial charge in [0.25, 0.3) is 20.0 Å². The van der Waals surface area contributed by atoms with Gasteiger partial charge in [-0.1, -0.05) is 50.2 Å². The molecule has 0 radical (unpaired) electrons. The quantitative estimate of drug-likeness (QED) is 0.232. The molecule has 0 aliphatic rings. The van der Waals surface area contributed by atoms with Crippen molar-refractivity contribution in [3.63, 3.8) is 0 Å². The van der Waals surface area contributed by atoms with Crippen LogP contribution in [0.4, 0.5) is 0 Å². The lowest BCUT2D eigenvalue weighted by Crippen LogP contribution is -2.17. The van der Waals surface area contributed by atoms with Crippen molar-refractivity contribution in [2.24, 2.45) is 0 Å². The molecule has 0 spiro atoms. The SMILES string of the molecule is CC(C(=O)C(C)c1cnc2c(ccn2S(=O)(=O)c2ccccc2)c1)c1cnc2c(ccn2S(=O)(=O)c2ccccc2)c1. The van der Waals surface area contributed by atoms with E-state index >= 15 is 0 Å². The Morgan fingerprint density at radius 1 is 0.619 bits per heavy atom. The summed E-state index contributed by atoms with van der Waals surface area (Å²) in [6, 6.07) is 23.1. The van der Waals surface area contributed by atoms with Crippen LogP contribution in [0.5, 0.6) is 0 Å². The summed E-state index contributed by atoms with van der Waals surface area (Å²) < 4.78 is 54.8. The number of fused-ring (bicyclic) bond motifs is 2. The van der Waals surface area contributed by atoms with Crippen molar-refractivity contribution in [3.8, 4) is 0 Å². The summed E-state index contributed by atoms with van der Waals surface area (Å²) in [6.45, 7) is 3.57. The maximum atomic E-state index is 13.6. The van der Waals surface area contributed by atoms with Gasteiger partial charge in [-0.15, -0.1) is 0 Å². The molecule has 4 aromatic heterocycles. The van der Waals surface area contributed by atoms with Crippen molar-refractivity contribution in [2.75, 3.05) is 0 Å². The van der Waals surface area contributed by atoms with Crippen LogP contribution in [0, 0.1) is 0 Å². The summed E-state index contributed by atoms with van der Waals surface area (Å²) in [5.74, 6) is -1.15. The van der Waals surface area contributed by atoms with Gasteiger partial charge in [0.2, 0.25) is 0 Å². The summed E-state index contributed by atoms with van der Waals surface area (Å²) in [5, 5.41) is 1.20. The van der Waals surface area contributed by atoms with Gasteiger partial charge in [0, 0.05) is 47.4 Å². The minimum Gasteiger partial charge on any atom is -0.298 e. The van der Waals surface area contributed by atoms with E-state index in [0.717, 1.165) is 7.94 Å². The minimum absolute atomic E-state index is 0.0787. The number of rotatable bonds is 8. The van der Waals surface area contributed by atoms with Gasteiger partial charge < -0.3 is 0 Å². The topological polar surface area (TPSA) is 121 Å². The van der Waals surface area contributed by atoms with E-state index in [1.807, 2.05) is 0 Å². The van der Waals surface area contributed by atoms with Gasteiger partial charge >= 0.3 is 0 Å². The lowest BCUT2D eigenvalue weighted by atomic mass is 9.86. The Kier molecular flexibility index (Phi) is 6.78. The standard InChI is InChI=1S/C31H26N4O5S2/c1-21(25-17-23-13-15-34(30(23)32-19-25)41(37,38)27-9-5-3-6-10-27)29(36)22(2)26-18-24-14-16-35(31(24)33-20-26)42(39,40)28-11-7-4-8-12-28/h3-22H,1-2H3. The minimum atomic E-state index is -3.82. The van der Waals surface area contributed by atoms with Crippen molar-refractivity contribution >= 4 is 47.9 Å². The van der Waals surface area contributed by atoms with Crippen molar-refractivity contribution in [3.05, 3.63) is 121 Å². The molecule has 9 nitrogen and oxygen atoms in total. The van der Waals surface area contributed by atoms with Gasteiger partial charge in [0.1, 0.15) is 5.78 Å². The molecule has 0 saturated heterocycles. The molecular weight excluding hydrogens is 572 g/mol. The third kappa shape index (κ3) is 4.60. The predicted octanol–water partition coefficient (Wildman–Crippen LogP) is 5.34. The molecule has 2 atom stereocenters. The molecule has 11 heteroatoms. The average Bonchev–Trinajstić information content (AvgIpc) is 3.65. The molecule has 0 amide bonds. The van der Waals surface area contributed by atoms with Crippen LogP contribution in [0.1, 0.15) is 36.8 Å². The van der Waals surface area contributed by atoms with E-state index in [1.165, 1.54) is 49.1 Å². The first kappa shape index (κ1) is 27.6. The lowest BCUT2D eigenvalue weighted by Gasteiger charge is -2.17. The highest BCUT2D eigenvalue weighted by Gasteiger charge is 2.26. The molecular formula is C31H26N4O5S2. The van der Waals surface area contributed by atoms with Crippen molar-refractivity contribution in [2.45, 2.75) is 35.5 Å². The van der Waals surface area contributed by atoms with Gasteiger partial charge in [0.15, 0.2) is 11.3 Å². The number of aromatic nitrogens is 4. The molecule has 0 fully saturated rings. The molecule has 0 aliphatic carbocycles. The first-order valence-electron chi connectivity index (χ1n) is 13.2. The number of nitrogens with zero attached hydrogens (tertiary/aromatic N) is 4. The van der Waals surface area contributed by atoms with Gasteiger partial charge in [-0.3, -0.25) is 4.79 Å². The van der Waals surface area contributed by atoms with E-state index in [4.69, 9.17) is 0 Å². The Morgan fingerprint density at radius 3 is 1.38 bits per heavy atom. The Bertz CT molecular complexity index is 2020. The van der Waals surface area contributed by atoms with Crippen LogP contribution in [-0.2, 0) is 24.8 Å². The number of carbonyl (C=O) groups is 1. The molecule has 2 unspecified atom stereocenters. The van der Waals surface area contributed by atoms with E-state index < -0.39 is 31.9 Å². The maximum Gasteiger partial charge on any atom is 0.269 e. The van der Waals surface area contributed by atoms with Gasteiger partial charge in [-0.25, -0.2) is 34.7 Å². The fourth-order valence-corrected chi connectivity index (χ4v) is 7.67. The molecule has 0 saturated carbocycles. The van der Waals surface area contributed by atoms with E-state index in [2.05, 4.69) is 9.97 Å². The fourth-order valence-electron chi connectivity index (χ4n) is 5.01. The van der Waals surface area contributed by atoms with E-state index in [1.54, 1.807) is 74.5 Å². The number of benzene rings is 2. The zero-order chi connectivity index (χ0) is 29.6. The largest absolute Gasteiger partial charge is 0.298 e. The highest BCUT2D eigenvalue weighted by Crippen LogP contribution is 2.30. The highest BCUT2D eigenvalue weighted by molar-refractivity contribution is 7.90. The van der Waals surface area contributed by atoms with Crippen LogP contribution in [-0.4, -0.2) is 40.5 Å². The first-order valence-corrected chi connectivity index (χ1v) is 16.1. The van der Waals surface area contributed by atoms with Crippen LogP contribution in [0.2, 0.25) is 0 Å². The second-order valence-electron chi connectivity index (χ2n) is 10.1. The third-order valence-corrected chi connectivity index (χ3v) is 10.8. The highest BCUT2D eigenvalue weighted by atomic mass is 32.2. The predicted molar refractivity (Wildman–Crippen MR) is 159 cm³/mol. The molecule has 212 valence electrons. The Hall–Kier alpha value is -4.61. The molecule has 4 heterocycles. The van der Waals surface area contributed by atoms with Crippen LogP contribution in [0.15, 0.2) is 120 Å². The third-order valence-electron chi connectivity index (χ3n) is 7.48. The second kappa shape index (κ2) is 10.3. The Labute approximate surface area is 243 Å². The zero-order valence-corrected chi connectivity index (χ0v) is 24.3. The number of pyridine rings is 2. The fraction of sp³-hybridized carbons (Fsp3) is 0.129. The Balaban J connectivity index is 1.26. The monoisotopic (exact) mass is 598 g/mol. The van der Waals surface area contributed by atoms with Crippen LogP contribution >= 0.6 is 0 Å². The molecule has 42 heavy (non-hydrogen) atoms.